The zero-order chi connectivity index (χ0) is 15.5. The Balaban J connectivity index is 1.84. The molecule has 0 aromatic heterocycles. The molecule has 22 heavy (non-hydrogen) atoms. The first kappa shape index (κ1) is 15.6. The number of benzene rings is 1. The Morgan fingerprint density at radius 2 is 2.00 bits per heavy atom. The first-order valence-electron chi connectivity index (χ1n) is 8.64. The fraction of sp³-hybridized carbons (Fsp3) is 0.524. The van der Waals surface area contributed by atoms with Gasteiger partial charge in [0.1, 0.15) is 0 Å². The van der Waals surface area contributed by atoms with Crippen molar-refractivity contribution in [2.24, 2.45) is 17.8 Å². The zero-order valence-electron chi connectivity index (χ0n) is 14.1. The van der Waals surface area contributed by atoms with Gasteiger partial charge >= 0.3 is 0 Å². The first-order chi connectivity index (χ1) is 10.6. The highest BCUT2D eigenvalue weighted by molar-refractivity contribution is 5.25. The Morgan fingerprint density at radius 1 is 1.23 bits per heavy atom. The molecule has 0 radical (unpaired) electrons. The van der Waals surface area contributed by atoms with E-state index < -0.39 is 0 Å². The highest BCUT2D eigenvalue weighted by Crippen LogP contribution is 2.48. The van der Waals surface area contributed by atoms with Crippen molar-refractivity contribution in [2.45, 2.75) is 46.1 Å². The SMILES string of the molecule is CC(C)=CC/C=C1/C[C@H](C)[C@H]2CO[C@@H](c3ccccc3)[C@@H]1C2. The van der Waals surface area contributed by atoms with E-state index in [0.29, 0.717) is 5.92 Å². The summed E-state index contributed by atoms with van der Waals surface area (Å²) in [5.74, 6) is 2.07. The van der Waals surface area contributed by atoms with E-state index in [2.05, 4.69) is 63.3 Å². The van der Waals surface area contributed by atoms with Crippen LogP contribution in [0.2, 0.25) is 0 Å². The standard InChI is InChI=1S/C21H28O/c1-15(2)8-7-11-18-12-16(3)19-13-20(18)21(22-14-19)17-9-5-4-6-10-17/h4-6,8-11,16,19-21H,7,12-14H2,1-3H3/b18-11-/t16-,19+,20+,21-/m0/s1. The van der Waals surface area contributed by atoms with Gasteiger partial charge in [-0.3, -0.25) is 0 Å². The van der Waals surface area contributed by atoms with Crippen LogP contribution in [-0.2, 0) is 4.74 Å². The van der Waals surface area contributed by atoms with E-state index >= 15 is 0 Å². The molecule has 1 saturated heterocycles. The minimum absolute atomic E-state index is 0.253. The van der Waals surface area contributed by atoms with Crippen LogP contribution in [-0.4, -0.2) is 6.61 Å². The summed E-state index contributed by atoms with van der Waals surface area (Å²) < 4.78 is 6.30. The second-order valence-electron chi connectivity index (χ2n) is 7.24. The van der Waals surface area contributed by atoms with Gasteiger partial charge in [-0.15, -0.1) is 0 Å². The molecular formula is C21H28O. The zero-order valence-corrected chi connectivity index (χ0v) is 14.1. The fourth-order valence-electron chi connectivity index (χ4n) is 3.95. The number of hydrogen-bond donors (Lipinski definition) is 0. The van der Waals surface area contributed by atoms with Gasteiger partial charge in [0.05, 0.1) is 12.7 Å². The molecule has 2 aliphatic rings. The average molecular weight is 296 g/mol. The maximum Gasteiger partial charge on any atom is 0.0890 e. The van der Waals surface area contributed by atoms with Gasteiger partial charge in [-0.25, -0.2) is 0 Å². The molecule has 1 aromatic carbocycles. The summed E-state index contributed by atoms with van der Waals surface area (Å²) in [6.45, 7) is 7.67. The van der Waals surface area contributed by atoms with Crippen LogP contribution in [0.25, 0.3) is 0 Å². The lowest BCUT2D eigenvalue weighted by Gasteiger charge is -2.45. The number of fused-ring (bicyclic) bond motifs is 2. The molecule has 1 heteroatoms. The molecule has 0 spiro atoms. The lowest BCUT2D eigenvalue weighted by Crippen LogP contribution is -2.38. The Morgan fingerprint density at radius 3 is 2.73 bits per heavy atom. The fourth-order valence-corrected chi connectivity index (χ4v) is 3.95. The molecule has 118 valence electrons. The molecule has 1 nitrogen and oxygen atoms in total. The van der Waals surface area contributed by atoms with E-state index in [4.69, 9.17) is 4.74 Å². The van der Waals surface area contributed by atoms with E-state index in [9.17, 15) is 0 Å². The van der Waals surface area contributed by atoms with Crippen LogP contribution in [0.1, 0.15) is 51.7 Å². The van der Waals surface area contributed by atoms with Gasteiger partial charge in [0, 0.05) is 5.92 Å². The van der Waals surface area contributed by atoms with E-state index in [-0.39, 0.29) is 6.10 Å². The summed E-state index contributed by atoms with van der Waals surface area (Å²) in [4.78, 5) is 0. The molecule has 2 bridgehead atoms. The maximum absolute atomic E-state index is 6.30. The Bertz CT molecular complexity index is 551. The molecule has 0 amide bonds. The maximum atomic E-state index is 6.30. The van der Waals surface area contributed by atoms with Gasteiger partial charge in [0.25, 0.3) is 0 Å². The topological polar surface area (TPSA) is 9.23 Å². The highest BCUT2D eigenvalue weighted by atomic mass is 16.5. The minimum Gasteiger partial charge on any atom is -0.373 e. The van der Waals surface area contributed by atoms with Crippen molar-refractivity contribution in [3.63, 3.8) is 0 Å². The van der Waals surface area contributed by atoms with Gasteiger partial charge in [0.15, 0.2) is 0 Å². The molecule has 1 heterocycles. The van der Waals surface area contributed by atoms with Crippen LogP contribution in [0.4, 0.5) is 0 Å². The Kier molecular flexibility index (Phi) is 4.83. The van der Waals surface area contributed by atoms with Crippen molar-refractivity contribution in [1.82, 2.24) is 0 Å². The van der Waals surface area contributed by atoms with Crippen LogP contribution in [0.3, 0.4) is 0 Å². The summed E-state index contributed by atoms with van der Waals surface area (Å²) in [5, 5.41) is 0. The number of allylic oxidation sites excluding steroid dienone is 3. The lowest BCUT2D eigenvalue weighted by molar-refractivity contribution is -0.0746. The van der Waals surface area contributed by atoms with Crippen molar-refractivity contribution in [2.75, 3.05) is 6.61 Å². The minimum atomic E-state index is 0.253. The van der Waals surface area contributed by atoms with Crippen LogP contribution >= 0.6 is 0 Å². The van der Waals surface area contributed by atoms with E-state index in [1.165, 1.54) is 24.0 Å². The molecule has 4 atom stereocenters. The van der Waals surface area contributed by atoms with Gasteiger partial charge in [-0.1, -0.05) is 60.6 Å². The summed E-state index contributed by atoms with van der Waals surface area (Å²) in [5.41, 5.74) is 4.36. The second kappa shape index (κ2) is 6.83. The normalized spacial score (nSPS) is 32.8. The molecule has 0 N–H and O–H groups in total. The van der Waals surface area contributed by atoms with Gasteiger partial charge in [0.2, 0.25) is 0 Å². The van der Waals surface area contributed by atoms with Gasteiger partial charge < -0.3 is 4.74 Å². The van der Waals surface area contributed by atoms with Crippen molar-refractivity contribution in [3.05, 3.63) is 59.2 Å². The monoisotopic (exact) mass is 296 g/mol. The van der Waals surface area contributed by atoms with Crippen LogP contribution in [0.15, 0.2) is 53.6 Å². The predicted octanol–water partition coefficient (Wildman–Crippen LogP) is 5.70. The summed E-state index contributed by atoms with van der Waals surface area (Å²) in [6.07, 6.45) is 8.65. The van der Waals surface area contributed by atoms with E-state index in [1.54, 1.807) is 5.57 Å². The average Bonchev–Trinajstić information content (AvgIpc) is 2.53. The highest BCUT2D eigenvalue weighted by Gasteiger charge is 2.40. The van der Waals surface area contributed by atoms with Crippen molar-refractivity contribution in [3.8, 4) is 0 Å². The molecule has 1 aliphatic heterocycles. The molecule has 2 fully saturated rings. The van der Waals surface area contributed by atoms with Crippen molar-refractivity contribution < 1.29 is 4.74 Å². The third-order valence-electron chi connectivity index (χ3n) is 5.28. The van der Waals surface area contributed by atoms with Crippen LogP contribution < -0.4 is 0 Å². The van der Waals surface area contributed by atoms with Crippen molar-refractivity contribution >= 4 is 0 Å². The predicted molar refractivity (Wildman–Crippen MR) is 92.6 cm³/mol. The van der Waals surface area contributed by atoms with Gasteiger partial charge in [-0.05, 0) is 50.5 Å². The largest absolute Gasteiger partial charge is 0.373 e. The summed E-state index contributed by atoms with van der Waals surface area (Å²) in [7, 11) is 0. The molecule has 0 unspecified atom stereocenters. The molecule has 3 rings (SSSR count). The quantitative estimate of drug-likeness (QED) is 0.650. The summed E-state index contributed by atoms with van der Waals surface area (Å²) in [6, 6.07) is 10.8. The number of hydrogen-bond acceptors (Lipinski definition) is 1. The Hall–Kier alpha value is -1.34. The van der Waals surface area contributed by atoms with Gasteiger partial charge in [-0.2, -0.15) is 0 Å². The van der Waals surface area contributed by atoms with Crippen LogP contribution in [0, 0.1) is 17.8 Å². The Labute approximate surface area is 135 Å². The molecular weight excluding hydrogens is 268 g/mol. The van der Waals surface area contributed by atoms with E-state index in [1.807, 2.05) is 0 Å². The molecule has 1 saturated carbocycles. The number of rotatable bonds is 3. The number of ether oxygens (including phenoxy) is 1. The second-order valence-corrected chi connectivity index (χ2v) is 7.24. The molecule has 1 aliphatic carbocycles. The smallest absolute Gasteiger partial charge is 0.0890 e. The lowest BCUT2D eigenvalue weighted by atomic mass is 9.67. The third-order valence-corrected chi connectivity index (χ3v) is 5.28. The van der Waals surface area contributed by atoms with Crippen molar-refractivity contribution in [1.29, 1.82) is 0 Å². The van der Waals surface area contributed by atoms with E-state index in [0.717, 1.165) is 24.9 Å². The molecule has 1 aromatic rings. The summed E-state index contributed by atoms with van der Waals surface area (Å²) >= 11 is 0. The third kappa shape index (κ3) is 3.35. The van der Waals surface area contributed by atoms with Crippen LogP contribution in [0.5, 0.6) is 0 Å². The first-order valence-corrected chi connectivity index (χ1v) is 8.64.